The lowest BCUT2D eigenvalue weighted by Gasteiger charge is -2.12. The van der Waals surface area contributed by atoms with Gasteiger partial charge >= 0.3 is 0 Å². The van der Waals surface area contributed by atoms with Gasteiger partial charge in [0.2, 0.25) is 10.0 Å². The number of hydrazone groups is 1. The van der Waals surface area contributed by atoms with E-state index in [0.717, 1.165) is 5.01 Å². The van der Waals surface area contributed by atoms with E-state index in [1.165, 1.54) is 49.6 Å². The fraction of sp³-hybridized carbons (Fsp3) is 0.200. The number of hydrogen-bond acceptors (Lipinski definition) is 8. The molecule has 168 valence electrons. The van der Waals surface area contributed by atoms with Crippen LogP contribution in [0.5, 0.6) is 11.5 Å². The smallest absolute Gasteiger partial charge is 0.280 e. The number of benzene rings is 2. The van der Waals surface area contributed by atoms with Crippen molar-refractivity contribution in [1.82, 2.24) is 0 Å². The quantitative estimate of drug-likeness (QED) is 0.378. The number of primary sulfonamides is 1. The van der Waals surface area contributed by atoms with Gasteiger partial charge in [0.1, 0.15) is 0 Å². The molecule has 1 heterocycles. The van der Waals surface area contributed by atoms with Crippen LogP contribution in [-0.2, 0) is 14.8 Å². The summed E-state index contributed by atoms with van der Waals surface area (Å²) < 4.78 is 33.5. The molecule has 2 aromatic rings. The number of nitro benzene ring substituents is 1. The molecule has 3 rings (SSSR count). The molecule has 2 aromatic carbocycles. The highest BCUT2D eigenvalue weighted by molar-refractivity contribution is 7.89. The van der Waals surface area contributed by atoms with Gasteiger partial charge in [-0.25, -0.2) is 13.6 Å². The average Bonchev–Trinajstić information content (AvgIpc) is 3.02. The van der Waals surface area contributed by atoms with Crippen molar-refractivity contribution in [3.63, 3.8) is 0 Å². The van der Waals surface area contributed by atoms with E-state index < -0.39 is 20.9 Å². The minimum absolute atomic E-state index is 0.110. The molecule has 1 aliphatic heterocycles. The summed E-state index contributed by atoms with van der Waals surface area (Å²) in [5, 5.41) is 22.0. The number of carbonyl (C=O) groups is 1. The molecule has 12 heteroatoms. The van der Waals surface area contributed by atoms with Crippen LogP contribution in [0.3, 0.4) is 0 Å². The van der Waals surface area contributed by atoms with Gasteiger partial charge in [0.05, 0.1) is 52.1 Å². The molecule has 2 N–H and O–H groups in total. The van der Waals surface area contributed by atoms with E-state index in [1.54, 1.807) is 13.8 Å². The van der Waals surface area contributed by atoms with Crippen LogP contribution in [0, 0.1) is 10.1 Å². The number of carbonyl (C=O) groups excluding carboxylic acids is 1. The Labute approximate surface area is 183 Å². The summed E-state index contributed by atoms with van der Waals surface area (Å²) >= 11 is 0. The summed E-state index contributed by atoms with van der Waals surface area (Å²) in [6, 6.07) is 7.95. The molecule has 0 unspecified atom stereocenters. The maximum absolute atomic E-state index is 13.0. The Morgan fingerprint density at radius 1 is 1.22 bits per heavy atom. The molecule has 11 nitrogen and oxygen atoms in total. The summed E-state index contributed by atoms with van der Waals surface area (Å²) in [6.45, 7) is 3.61. The maximum atomic E-state index is 13.0. The van der Waals surface area contributed by atoms with Gasteiger partial charge in [-0.1, -0.05) is 0 Å². The molecule has 0 saturated carbocycles. The van der Waals surface area contributed by atoms with Gasteiger partial charge in [-0.15, -0.1) is 0 Å². The maximum Gasteiger partial charge on any atom is 0.280 e. The third kappa shape index (κ3) is 4.45. The second-order valence-corrected chi connectivity index (χ2v) is 8.21. The number of nitrogens with zero attached hydrogens (tertiary/aromatic N) is 3. The summed E-state index contributed by atoms with van der Waals surface area (Å²) in [4.78, 5) is 23.9. The monoisotopic (exact) mass is 460 g/mol. The second-order valence-electron chi connectivity index (χ2n) is 6.65. The molecular formula is C20H20N4O7S. The van der Waals surface area contributed by atoms with Gasteiger partial charge in [-0.3, -0.25) is 14.9 Å². The first-order chi connectivity index (χ1) is 15.1. The van der Waals surface area contributed by atoms with Gasteiger partial charge in [0, 0.05) is 0 Å². The first kappa shape index (κ1) is 22.9. The largest absolute Gasteiger partial charge is 0.493 e. The van der Waals surface area contributed by atoms with Crippen LogP contribution in [-0.4, -0.2) is 38.7 Å². The van der Waals surface area contributed by atoms with Crippen molar-refractivity contribution in [3.05, 3.63) is 57.6 Å². The van der Waals surface area contributed by atoms with Gasteiger partial charge < -0.3 is 9.47 Å². The van der Waals surface area contributed by atoms with Crippen LogP contribution < -0.4 is 19.6 Å². The van der Waals surface area contributed by atoms with Gasteiger partial charge in [0.15, 0.2) is 11.5 Å². The molecule has 0 spiro atoms. The molecule has 0 aromatic heterocycles. The Bertz CT molecular complexity index is 1250. The number of anilines is 1. The molecule has 0 atom stereocenters. The minimum Gasteiger partial charge on any atom is -0.493 e. The molecular weight excluding hydrogens is 440 g/mol. The van der Waals surface area contributed by atoms with E-state index in [2.05, 4.69) is 5.10 Å². The molecule has 0 aliphatic carbocycles. The number of sulfonamides is 1. The van der Waals surface area contributed by atoms with Crippen LogP contribution in [0.4, 0.5) is 11.4 Å². The number of rotatable bonds is 7. The number of hydrogen-bond donors (Lipinski definition) is 1. The third-order valence-electron chi connectivity index (χ3n) is 4.58. The number of ether oxygens (including phenoxy) is 2. The lowest BCUT2D eigenvalue weighted by molar-refractivity contribution is -0.385. The lowest BCUT2D eigenvalue weighted by Crippen LogP contribution is -2.21. The highest BCUT2D eigenvalue weighted by Gasteiger charge is 2.30. The van der Waals surface area contributed by atoms with Crippen molar-refractivity contribution in [2.75, 3.05) is 18.7 Å². The van der Waals surface area contributed by atoms with Gasteiger partial charge in [-0.05, 0) is 50.3 Å². The van der Waals surface area contributed by atoms with E-state index in [0.29, 0.717) is 11.4 Å². The Balaban J connectivity index is 2.02. The molecule has 1 aliphatic rings. The number of methoxy groups -OCH3 is 1. The predicted octanol–water partition coefficient (Wildman–Crippen LogP) is 2.46. The van der Waals surface area contributed by atoms with Gasteiger partial charge in [-0.2, -0.15) is 10.1 Å². The molecule has 32 heavy (non-hydrogen) atoms. The zero-order valence-electron chi connectivity index (χ0n) is 17.4. The van der Waals surface area contributed by atoms with E-state index in [1.807, 2.05) is 0 Å². The zero-order valence-corrected chi connectivity index (χ0v) is 18.3. The minimum atomic E-state index is -3.88. The van der Waals surface area contributed by atoms with Crippen molar-refractivity contribution in [2.45, 2.75) is 18.7 Å². The van der Waals surface area contributed by atoms with E-state index in [4.69, 9.17) is 14.6 Å². The van der Waals surface area contributed by atoms with Crippen molar-refractivity contribution in [1.29, 1.82) is 0 Å². The summed E-state index contributed by atoms with van der Waals surface area (Å²) in [5.74, 6) is -0.0451. The van der Waals surface area contributed by atoms with Crippen molar-refractivity contribution in [2.24, 2.45) is 10.2 Å². The van der Waals surface area contributed by atoms with Crippen molar-refractivity contribution < 1.29 is 27.6 Å². The van der Waals surface area contributed by atoms with E-state index >= 15 is 0 Å². The fourth-order valence-corrected chi connectivity index (χ4v) is 3.57. The first-order valence-corrected chi connectivity index (χ1v) is 10.8. The highest BCUT2D eigenvalue weighted by Crippen LogP contribution is 2.36. The summed E-state index contributed by atoms with van der Waals surface area (Å²) in [5.41, 5.74) is 0.643. The van der Waals surface area contributed by atoms with Crippen LogP contribution >= 0.6 is 0 Å². The Kier molecular flexibility index (Phi) is 6.27. The SMILES string of the molecule is CCOc1cc([N+](=O)[O-])c(/C=C2\C(=O)N(c3ccc(S(N)(=O)=O)cc3)N=C2C)cc1OC. The van der Waals surface area contributed by atoms with Crippen LogP contribution in [0.2, 0.25) is 0 Å². The Morgan fingerprint density at radius 2 is 1.88 bits per heavy atom. The highest BCUT2D eigenvalue weighted by atomic mass is 32.2. The Morgan fingerprint density at radius 3 is 2.41 bits per heavy atom. The predicted molar refractivity (Wildman–Crippen MR) is 117 cm³/mol. The first-order valence-electron chi connectivity index (χ1n) is 9.30. The second kappa shape index (κ2) is 8.77. The molecule has 1 amide bonds. The molecule has 0 radical (unpaired) electrons. The van der Waals surface area contributed by atoms with Crippen molar-refractivity contribution in [3.8, 4) is 11.5 Å². The normalized spacial score (nSPS) is 15.1. The van der Waals surface area contributed by atoms with Crippen molar-refractivity contribution >= 4 is 39.1 Å². The molecule has 0 bridgehead atoms. The number of nitro groups is 1. The average molecular weight is 460 g/mol. The molecule has 0 fully saturated rings. The standard InChI is InChI=1S/C20H20N4O7S/c1-4-31-19-11-17(24(26)27)13(10-18(19)30-3)9-16-12(2)22-23(20(16)25)14-5-7-15(8-6-14)32(21,28)29/h5-11H,4H2,1-3H3,(H2,21,28,29)/b16-9-. The zero-order chi connectivity index (χ0) is 23.6. The van der Waals surface area contributed by atoms with Crippen LogP contribution in [0.25, 0.3) is 6.08 Å². The summed E-state index contributed by atoms with van der Waals surface area (Å²) in [6.07, 6.45) is 1.36. The van der Waals surface area contributed by atoms with Crippen LogP contribution in [0.1, 0.15) is 19.4 Å². The number of amides is 1. The van der Waals surface area contributed by atoms with Gasteiger partial charge in [0.25, 0.3) is 11.6 Å². The fourth-order valence-electron chi connectivity index (χ4n) is 3.06. The summed E-state index contributed by atoms with van der Waals surface area (Å²) in [7, 11) is -2.48. The Hall–Kier alpha value is -3.77. The van der Waals surface area contributed by atoms with E-state index in [-0.39, 0.29) is 39.8 Å². The number of nitrogens with two attached hydrogens (primary N) is 1. The van der Waals surface area contributed by atoms with Crippen LogP contribution in [0.15, 0.2) is 52.0 Å². The van der Waals surface area contributed by atoms with E-state index in [9.17, 15) is 23.3 Å². The third-order valence-corrected chi connectivity index (χ3v) is 5.51. The topological polar surface area (TPSA) is 154 Å². The molecule has 0 saturated heterocycles. The lowest BCUT2D eigenvalue weighted by atomic mass is 10.0.